The summed E-state index contributed by atoms with van der Waals surface area (Å²) in [6, 6.07) is 17.4. The number of halogens is 1. The molecule has 1 aliphatic rings. The minimum atomic E-state index is -0.591. The molecule has 4 aromatic rings. The molecule has 2 heterocycles. The van der Waals surface area contributed by atoms with E-state index in [-0.39, 0.29) is 12.2 Å². The average molecular weight is 489 g/mol. The highest BCUT2D eigenvalue weighted by Crippen LogP contribution is 2.39. The Morgan fingerprint density at radius 1 is 1.00 bits per heavy atom. The number of fused-ring (bicyclic) bond motifs is 2. The van der Waals surface area contributed by atoms with Crippen LogP contribution in [-0.2, 0) is 6.42 Å². The zero-order valence-electron chi connectivity index (χ0n) is 19.8. The van der Waals surface area contributed by atoms with Gasteiger partial charge in [0.15, 0.2) is 11.5 Å². The smallest absolute Gasteiger partial charge is 0.339 e. The largest absolute Gasteiger partial charge is 0.493 e. The van der Waals surface area contributed by atoms with Crippen LogP contribution in [0.25, 0.3) is 11.0 Å². The van der Waals surface area contributed by atoms with E-state index < -0.39 is 23.4 Å². The number of para-hydroxylation sites is 1. The molecule has 1 aliphatic heterocycles. The topological polar surface area (TPSA) is 78.2 Å². The van der Waals surface area contributed by atoms with Gasteiger partial charge in [-0.25, -0.2) is 9.18 Å². The van der Waals surface area contributed by atoms with E-state index in [0.29, 0.717) is 41.2 Å². The molecule has 0 bridgehead atoms. The SMILES string of the molecule is COc1cc2c(cc1OC)C(COc1cc(=O)oc3ccccc13)N(C(=O)c1ccccc1F)CC2. The minimum Gasteiger partial charge on any atom is -0.493 e. The first-order chi connectivity index (χ1) is 17.5. The fourth-order valence-electron chi connectivity index (χ4n) is 4.61. The van der Waals surface area contributed by atoms with Crippen LogP contribution in [0.4, 0.5) is 4.39 Å². The van der Waals surface area contributed by atoms with Crippen LogP contribution in [0.2, 0.25) is 0 Å². The van der Waals surface area contributed by atoms with Gasteiger partial charge in [-0.3, -0.25) is 4.79 Å². The molecule has 0 fully saturated rings. The van der Waals surface area contributed by atoms with Crippen molar-refractivity contribution in [2.24, 2.45) is 0 Å². The van der Waals surface area contributed by atoms with E-state index in [1.807, 2.05) is 18.2 Å². The zero-order chi connectivity index (χ0) is 25.2. The zero-order valence-corrected chi connectivity index (χ0v) is 19.8. The molecule has 8 heteroatoms. The van der Waals surface area contributed by atoms with Gasteiger partial charge in [-0.1, -0.05) is 24.3 Å². The molecular formula is C28H24FNO6. The van der Waals surface area contributed by atoms with Gasteiger partial charge in [0.2, 0.25) is 0 Å². The van der Waals surface area contributed by atoms with E-state index in [1.165, 1.54) is 25.3 Å². The molecule has 0 N–H and O–H groups in total. The van der Waals surface area contributed by atoms with Crippen molar-refractivity contribution in [3.05, 3.63) is 99.7 Å². The molecule has 7 nitrogen and oxygen atoms in total. The Morgan fingerprint density at radius 3 is 2.50 bits per heavy atom. The van der Waals surface area contributed by atoms with Crippen LogP contribution < -0.4 is 19.8 Å². The number of hydrogen-bond acceptors (Lipinski definition) is 6. The van der Waals surface area contributed by atoms with Crippen LogP contribution in [0, 0.1) is 5.82 Å². The third-order valence-corrected chi connectivity index (χ3v) is 6.38. The molecule has 0 saturated heterocycles. The van der Waals surface area contributed by atoms with Gasteiger partial charge in [0.1, 0.15) is 23.8 Å². The maximum absolute atomic E-state index is 14.5. The maximum Gasteiger partial charge on any atom is 0.339 e. The van der Waals surface area contributed by atoms with Crippen molar-refractivity contribution in [2.45, 2.75) is 12.5 Å². The molecule has 36 heavy (non-hydrogen) atoms. The van der Waals surface area contributed by atoms with Crippen molar-refractivity contribution in [2.75, 3.05) is 27.4 Å². The standard InChI is InChI=1S/C28H24FNO6/c1-33-25-13-17-11-12-30(28(32)18-7-3-5-9-21(18)29)22(20(17)14-26(25)34-2)16-35-24-15-27(31)36-23-10-6-4-8-19(23)24/h3-10,13-15,22H,11-12,16H2,1-2H3. The van der Waals surface area contributed by atoms with Gasteiger partial charge in [0.25, 0.3) is 5.91 Å². The average Bonchev–Trinajstić information content (AvgIpc) is 2.90. The van der Waals surface area contributed by atoms with Crippen LogP contribution in [0.3, 0.4) is 0 Å². The molecule has 1 unspecified atom stereocenters. The highest BCUT2D eigenvalue weighted by Gasteiger charge is 2.34. The summed E-state index contributed by atoms with van der Waals surface area (Å²) in [6.45, 7) is 0.372. The Morgan fingerprint density at radius 2 is 1.72 bits per heavy atom. The summed E-state index contributed by atoms with van der Waals surface area (Å²) >= 11 is 0. The summed E-state index contributed by atoms with van der Waals surface area (Å²) in [7, 11) is 3.10. The first kappa shape index (κ1) is 23.4. The lowest BCUT2D eigenvalue weighted by atomic mass is 9.91. The second-order valence-corrected chi connectivity index (χ2v) is 8.39. The summed E-state index contributed by atoms with van der Waals surface area (Å²) in [5.41, 5.74) is 1.61. The van der Waals surface area contributed by atoms with Crippen molar-refractivity contribution in [3.63, 3.8) is 0 Å². The van der Waals surface area contributed by atoms with Crippen molar-refractivity contribution in [3.8, 4) is 17.2 Å². The molecule has 0 spiro atoms. The number of carbonyl (C=O) groups is 1. The third-order valence-electron chi connectivity index (χ3n) is 6.38. The quantitative estimate of drug-likeness (QED) is 0.363. The lowest BCUT2D eigenvalue weighted by Gasteiger charge is -2.37. The second kappa shape index (κ2) is 9.73. The molecule has 1 atom stereocenters. The Balaban J connectivity index is 1.57. The van der Waals surface area contributed by atoms with E-state index >= 15 is 0 Å². The van der Waals surface area contributed by atoms with Gasteiger partial charge in [-0.2, -0.15) is 0 Å². The maximum atomic E-state index is 14.5. The first-order valence-electron chi connectivity index (χ1n) is 11.5. The molecule has 0 aliphatic carbocycles. The Labute approximate surface area is 206 Å². The Kier molecular flexibility index (Phi) is 6.33. The number of methoxy groups -OCH3 is 2. The van der Waals surface area contributed by atoms with E-state index in [2.05, 4.69) is 0 Å². The summed E-state index contributed by atoms with van der Waals surface area (Å²) in [5.74, 6) is 0.392. The van der Waals surface area contributed by atoms with Crippen LogP contribution in [0.15, 0.2) is 75.9 Å². The van der Waals surface area contributed by atoms with Crippen LogP contribution in [0.5, 0.6) is 17.2 Å². The number of benzene rings is 3. The fourth-order valence-corrected chi connectivity index (χ4v) is 4.61. The summed E-state index contributed by atoms with van der Waals surface area (Å²) in [6.07, 6.45) is 0.546. The van der Waals surface area contributed by atoms with Gasteiger partial charge in [0, 0.05) is 6.54 Å². The van der Waals surface area contributed by atoms with E-state index in [0.717, 1.165) is 11.1 Å². The molecule has 0 radical (unpaired) electrons. The number of ether oxygens (including phenoxy) is 3. The third kappa shape index (κ3) is 4.26. The van der Waals surface area contributed by atoms with Gasteiger partial charge in [-0.15, -0.1) is 0 Å². The monoisotopic (exact) mass is 489 g/mol. The van der Waals surface area contributed by atoms with E-state index in [1.54, 1.807) is 42.3 Å². The van der Waals surface area contributed by atoms with Crippen molar-refractivity contribution in [1.82, 2.24) is 4.90 Å². The molecule has 3 aromatic carbocycles. The number of rotatable bonds is 6. The molecule has 0 saturated carbocycles. The van der Waals surface area contributed by atoms with Gasteiger partial charge in [0.05, 0.1) is 37.3 Å². The van der Waals surface area contributed by atoms with Gasteiger partial charge >= 0.3 is 5.63 Å². The Bertz CT molecular complexity index is 1500. The minimum absolute atomic E-state index is 0.0165. The number of carbonyl (C=O) groups excluding carboxylic acids is 1. The number of nitrogens with zero attached hydrogens (tertiary/aromatic N) is 1. The lowest BCUT2D eigenvalue weighted by molar-refractivity contribution is 0.0585. The predicted molar refractivity (Wildman–Crippen MR) is 131 cm³/mol. The van der Waals surface area contributed by atoms with Gasteiger partial charge in [-0.05, 0) is 53.9 Å². The number of amides is 1. The first-order valence-corrected chi connectivity index (χ1v) is 11.5. The van der Waals surface area contributed by atoms with Crippen molar-refractivity contribution in [1.29, 1.82) is 0 Å². The number of hydrogen-bond donors (Lipinski definition) is 0. The summed E-state index contributed by atoms with van der Waals surface area (Å²) < 4.78 is 36.9. The molecule has 184 valence electrons. The van der Waals surface area contributed by atoms with Crippen molar-refractivity contribution < 1.29 is 27.8 Å². The molecular weight excluding hydrogens is 465 g/mol. The van der Waals surface area contributed by atoms with Crippen LogP contribution in [0.1, 0.15) is 27.5 Å². The van der Waals surface area contributed by atoms with Crippen molar-refractivity contribution >= 4 is 16.9 Å². The molecule has 1 aromatic heterocycles. The van der Waals surface area contributed by atoms with Crippen LogP contribution in [-0.4, -0.2) is 38.2 Å². The summed E-state index contributed by atoms with van der Waals surface area (Å²) in [5, 5.41) is 0.632. The van der Waals surface area contributed by atoms with Crippen LogP contribution >= 0.6 is 0 Å². The summed E-state index contributed by atoms with van der Waals surface area (Å²) in [4.78, 5) is 27.2. The highest BCUT2D eigenvalue weighted by atomic mass is 19.1. The van der Waals surface area contributed by atoms with E-state index in [4.69, 9.17) is 18.6 Å². The van der Waals surface area contributed by atoms with Gasteiger partial charge < -0.3 is 23.5 Å². The normalized spacial score (nSPS) is 14.9. The van der Waals surface area contributed by atoms with E-state index in [9.17, 15) is 14.0 Å². The Hall–Kier alpha value is -4.33. The highest BCUT2D eigenvalue weighted by molar-refractivity contribution is 5.95. The predicted octanol–water partition coefficient (Wildman–Crippen LogP) is 4.77. The fraction of sp³-hybridized carbons (Fsp3) is 0.214. The molecule has 1 amide bonds. The lowest BCUT2D eigenvalue weighted by Crippen LogP contribution is -2.43. The molecule has 5 rings (SSSR count). The second-order valence-electron chi connectivity index (χ2n) is 8.39.